The highest BCUT2D eigenvalue weighted by atomic mass is 32.2. The Bertz CT molecular complexity index is 912. The number of hydrogen-bond acceptors (Lipinski definition) is 5. The van der Waals surface area contributed by atoms with E-state index in [1.54, 1.807) is 48.5 Å². The summed E-state index contributed by atoms with van der Waals surface area (Å²) in [5, 5.41) is 2.80. The zero-order valence-corrected chi connectivity index (χ0v) is 18.2. The van der Waals surface area contributed by atoms with Gasteiger partial charge in [0.15, 0.2) is 0 Å². The molecule has 29 heavy (non-hydrogen) atoms. The molecule has 0 atom stereocenters. The van der Waals surface area contributed by atoms with Gasteiger partial charge in [-0.1, -0.05) is 29.8 Å². The molecule has 0 heterocycles. The summed E-state index contributed by atoms with van der Waals surface area (Å²) >= 11 is 0. The second kappa shape index (κ2) is 10.3. The van der Waals surface area contributed by atoms with Gasteiger partial charge < -0.3 is 15.0 Å². The molecule has 0 aliphatic heterocycles. The van der Waals surface area contributed by atoms with Gasteiger partial charge in [0.25, 0.3) is 10.0 Å². The molecule has 0 saturated carbocycles. The maximum absolute atomic E-state index is 13.4. The lowest BCUT2D eigenvalue weighted by atomic mass is 10.2. The number of nitrogens with zero attached hydrogens (tertiary/aromatic N) is 2. The topological polar surface area (TPSA) is 79.0 Å². The lowest BCUT2D eigenvalue weighted by molar-refractivity contribution is -0.119. The van der Waals surface area contributed by atoms with E-state index >= 15 is 0 Å². The van der Waals surface area contributed by atoms with Crippen LogP contribution in [-0.4, -0.2) is 60.1 Å². The van der Waals surface area contributed by atoms with Crippen molar-refractivity contribution in [3.05, 3.63) is 54.1 Å². The van der Waals surface area contributed by atoms with Crippen molar-refractivity contribution in [1.82, 2.24) is 10.2 Å². The number of ether oxygens (including phenoxy) is 1. The van der Waals surface area contributed by atoms with Gasteiger partial charge in [-0.3, -0.25) is 9.10 Å². The molecule has 0 fully saturated rings. The lowest BCUT2D eigenvalue weighted by Gasteiger charge is -2.25. The molecule has 8 heteroatoms. The maximum atomic E-state index is 13.4. The SMILES string of the molecule is COc1ccccc1N(CC(=O)NCCCN(C)C)S(=O)(=O)c1ccc(C)cc1. The Morgan fingerprint density at radius 3 is 2.34 bits per heavy atom. The predicted molar refractivity (Wildman–Crippen MR) is 115 cm³/mol. The van der Waals surface area contributed by atoms with Crippen molar-refractivity contribution >= 4 is 21.6 Å². The van der Waals surface area contributed by atoms with Gasteiger partial charge in [0.05, 0.1) is 17.7 Å². The van der Waals surface area contributed by atoms with E-state index in [1.807, 2.05) is 25.9 Å². The summed E-state index contributed by atoms with van der Waals surface area (Å²) < 4.78 is 33.1. The van der Waals surface area contributed by atoms with Crippen molar-refractivity contribution < 1.29 is 17.9 Å². The molecular formula is C21H29N3O4S. The van der Waals surface area contributed by atoms with Crippen molar-refractivity contribution in [1.29, 1.82) is 0 Å². The first-order valence-corrected chi connectivity index (χ1v) is 10.8. The van der Waals surface area contributed by atoms with Crippen LogP contribution in [-0.2, 0) is 14.8 Å². The van der Waals surface area contributed by atoms with Crippen LogP contribution in [0.15, 0.2) is 53.4 Å². The molecule has 2 aromatic rings. The Morgan fingerprint density at radius 2 is 1.72 bits per heavy atom. The minimum absolute atomic E-state index is 0.120. The van der Waals surface area contributed by atoms with Gasteiger partial charge in [-0.2, -0.15) is 0 Å². The zero-order chi connectivity index (χ0) is 21.4. The standard InChI is InChI=1S/C21H29N3O4S/c1-17-10-12-18(13-11-17)29(26,27)24(19-8-5-6-9-20(19)28-4)16-21(25)22-14-7-15-23(2)3/h5-6,8-13H,7,14-16H2,1-4H3,(H,22,25). The van der Waals surface area contributed by atoms with E-state index in [1.165, 1.54) is 7.11 Å². The summed E-state index contributed by atoms with van der Waals surface area (Å²) in [4.78, 5) is 14.7. The molecule has 0 unspecified atom stereocenters. The fraction of sp³-hybridized carbons (Fsp3) is 0.381. The number of carbonyl (C=O) groups excluding carboxylic acids is 1. The van der Waals surface area contributed by atoms with Gasteiger partial charge in [0, 0.05) is 6.54 Å². The minimum atomic E-state index is -3.96. The molecule has 7 nitrogen and oxygen atoms in total. The lowest BCUT2D eigenvalue weighted by Crippen LogP contribution is -2.41. The Labute approximate surface area is 173 Å². The number of hydrogen-bond donors (Lipinski definition) is 1. The summed E-state index contributed by atoms with van der Waals surface area (Å²) in [6.07, 6.45) is 0.776. The summed E-state index contributed by atoms with van der Waals surface area (Å²) in [6.45, 7) is 2.85. The van der Waals surface area contributed by atoms with Crippen molar-refractivity contribution in [2.24, 2.45) is 0 Å². The van der Waals surface area contributed by atoms with Gasteiger partial charge >= 0.3 is 0 Å². The summed E-state index contributed by atoms with van der Waals surface area (Å²) in [5.74, 6) is 0.00828. The number of rotatable bonds is 10. The van der Waals surface area contributed by atoms with Crippen LogP contribution < -0.4 is 14.4 Å². The second-order valence-corrected chi connectivity index (χ2v) is 8.87. The van der Waals surface area contributed by atoms with E-state index in [9.17, 15) is 13.2 Å². The molecule has 0 radical (unpaired) electrons. The van der Waals surface area contributed by atoms with Gasteiger partial charge in [-0.05, 0) is 58.3 Å². The molecule has 2 aromatic carbocycles. The Kier molecular flexibility index (Phi) is 8.04. The number of para-hydroxylation sites is 2. The van der Waals surface area contributed by atoms with Crippen LogP contribution in [0.5, 0.6) is 5.75 Å². The number of nitrogens with one attached hydrogen (secondary N) is 1. The molecule has 1 N–H and O–H groups in total. The van der Waals surface area contributed by atoms with E-state index in [-0.39, 0.29) is 17.3 Å². The molecule has 0 bridgehead atoms. The van der Waals surface area contributed by atoms with Gasteiger partial charge in [-0.15, -0.1) is 0 Å². The molecule has 158 valence electrons. The molecule has 0 aromatic heterocycles. The number of aryl methyl sites for hydroxylation is 1. The Morgan fingerprint density at radius 1 is 1.07 bits per heavy atom. The fourth-order valence-corrected chi connectivity index (χ4v) is 4.21. The first-order valence-electron chi connectivity index (χ1n) is 9.39. The van der Waals surface area contributed by atoms with E-state index in [0.29, 0.717) is 18.0 Å². The van der Waals surface area contributed by atoms with Crippen molar-refractivity contribution in [3.8, 4) is 5.75 Å². The van der Waals surface area contributed by atoms with Crippen LogP contribution in [0.2, 0.25) is 0 Å². The van der Waals surface area contributed by atoms with Gasteiger partial charge in [-0.25, -0.2) is 8.42 Å². The number of methoxy groups -OCH3 is 1. The first-order chi connectivity index (χ1) is 13.8. The summed E-state index contributed by atoms with van der Waals surface area (Å²) in [5.41, 5.74) is 1.27. The highest BCUT2D eigenvalue weighted by Crippen LogP contribution is 2.32. The van der Waals surface area contributed by atoms with E-state index < -0.39 is 10.0 Å². The highest BCUT2D eigenvalue weighted by molar-refractivity contribution is 7.92. The molecule has 0 aliphatic carbocycles. The number of amides is 1. The van der Waals surface area contributed by atoms with Crippen LogP contribution in [0.25, 0.3) is 0 Å². The first kappa shape index (κ1) is 22.7. The quantitative estimate of drug-likeness (QED) is 0.598. The largest absolute Gasteiger partial charge is 0.495 e. The average molecular weight is 420 g/mol. The monoisotopic (exact) mass is 419 g/mol. The summed E-state index contributed by atoms with van der Waals surface area (Å²) in [7, 11) is 1.43. The smallest absolute Gasteiger partial charge is 0.264 e. The van der Waals surface area contributed by atoms with Gasteiger partial charge in [0.1, 0.15) is 12.3 Å². The van der Waals surface area contributed by atoms with Crippen molar-refractivity contribution in [2.75, 3.05) is 45.1 Å². The molecule has 1 amide bonds. The molecular weight excluding hydrogens is 390 g/mol. The number of anilines is 1. The number of benzene rings is 2. The molecule has 0 spiro atoms. The Balaban J connectivity index is 2.31. The number of carbonyl (C=O) groups is 1. The normalized spacial score (nSPS) is 11.3. The van der Waals surface area contributed by atoms with Crippen LogP contribution in [0.4, 0.5) is 5.69 Å². The fourth-order valence-electron chi connectivity index (χ4n) is 2.78. The van der Waals surface area contributed by atoms with Crippen molar-refractivity contribution in [3.63, 3.8) is 0 Å². The average Bonchev–Trinajstić information content (AvgIpc) is 2.69. The molecule has 2 rings (SSSR count). The van der Waals surface area contributed by atoms with E-state index in [2.05, 4.69) is 5.32 Å². The second-order valence-electron chi connectivity index (χ2n) is 7.00. The third-order valence-corrected chi connectivity index (χ3v) is 6.13. The van der Waals surface area contributed by atoms with Gasteiger partial charge in [0.2, 0.25) is 5.91 Å². The minimum Gasteiger partial charge on any atom is -0.495 e. The van der Waals surface area contributed by atoms with Crippen molar-refractivity contribution in [2.45, 2.75) is 18.2 Å². The predicted octanol–water partition coefficient (Wildman–Crippen LogP) is 2.27. The number of sulfonamides is 1. The van der Waals surface area contributed by atoms with E-state index in [0.717, 1.165) is 22.8 Å². The van der Waals surface area contributed by atoms with Crippen LogP contribution in [0.3, 0.4) is 0 Å². The van der Waals surface area contributed by atoms with Crippen LogP contribution in [0.1, 0.15) is 12.0 Å². The van der Waals surface area contributed by atoms with E-state index in [4.69, 9.17) is 4.74 Å². The summed E-state index contributed by atoms with van der Waals surface area (Å²) in [6, 6.07) is 13.3. The highest BCUT2D eigenvalue weighted by Gasteiger charge is 2.29. The van der Waals surface area contributed by atoms with Crippen LogP contribution >= 0.6 is 0 Å². The third kappa shape index (κ3) is 6.20. The Hall–Kier alpha value is -2.58. The zero-order valence-electron chi connectivity index (χ0n) is 17.4. The van der Waals surface area contributed by atoms with Crippen LogP contribution in [0, 0.1) is 6.92 Å². The maximum Gasteiger partial charge on any atom is 0.264 e. The molecule has 0 saturated heterocycles. The molecule has 0 aliphatic rings. The third-order valence-electron chi connectivity index (χ3n) is 4.35.